The monoisotopic (exact) mass is 191 g/mol. The van der Waals surface area contributed by atoms with E-state index in [4.69, 9.17) is 0 Å². The number of nitrogens with one attached hydrogen (secondary N) is 1. The molecule has 1 heterocycles. The van der Waals surface area contributed by atoms with Gasteiger partial charge in [0.05, 0.1) is 11.7 Å². The summed E-state index contributed by atoms with van der Waals surface area (Å²) in [5.74, 6) is 0. The molecule has 0 saturated carbocycles. The molecule has 1 aromatic rings. The van der Waals surface area contributed by atoms with Crippen LogP contribution >= 0.6 is 0 Å². The number of hydrogen-bond acceptors (Lipinski definition) is 3. The van der Waals surface area contributed by atoms with Gasteiger partial charge in [0, 0.05) is 18.6 Å². The van der Waals surface area contributed by atoms with Crippen LogP contribution in [0.1, 0.15) is 31.5 Å². The average Bonchev–Trinajstić information content (AvgIpc) is 2.25. The van der Waals surface area contributed by atoms with Crippen LogP contribution < -0.4 is 5.32 Å². The molecule has 76 valence electrons. The second-order valence-corrected chi connectivity index (χ2v) is 3.16. The lowest BCUT2D eigenvalue weighted by molar-refractivity contribution is 0.524. The van der Waals surface area contributed by atoms with Gasteiger partial charge in [-0.05, 0) is 19.4 Å². The van der Waals surface area contributed by atoms with Crippen LogP contribution in [0, 0.1) is 0 Å². The molecular formula is C11H17N3. The van der Waals surface area contributed by atoms with Gasteiger partial charge < -0.3 is 5.32 Å². The lowest BCUT2D eigenvalue weighted by Gasteiger charge is -2.15. The SMILES string of the molecule is C=CCC(NCCC)c1cnccn1. The van der Waals surface area contributed by atoms with E-state index in [1.54, 1.807) is 18.6 Å². The van der Waals surface area contributed by atoms with E-state index in [-0.39, 0.29) is 6.04 Å². The second kappa shape index (κ2) is 6.27. The van der Waals surface area contributed by atoms with Crippen molar-refractivity contribution in [1.82, 2.24) is 15.3 Å². The maximum atomic E-state index is 4.28. The number of rotatable bonds is 6. The highest BCUT2D eigenvalue weighted by Gasteiger charge is 2.09. The first-order valence-electron chi connectivity index (χ1n) is 4.98. The zero-order valence-electron chi connectivity index (χ0n) is 8.61. The molecule has 1 aromatic heterocycles. The first-order valence-corrected chi connectivity index (χ1v) is 4.98. The van der Waals surface area contributed by atoms with Crippen molar-refractivity contribution < 1.29 is 0 Å². The van der Waals surface area contributed by atoms with Gasteiger partial charge in [0.2, 0.25) is 0 Å². The smallest absolute Gasteiger partial charge is 0.0759 e. The Bertz CT molecular complexity index is 258. The fourth-order valence-electron chi connectivity index (χ4n) is 1.28. The Kier molecular flexibility index (Phi) is 4.86. The normalized spacial score (nSPS) is 12.4. The summed E-state index contributed by atoms with van der Waals surface area (Å²) in [7, 11) is 0. The third-order valence-electron chi connectivity index (χ3n) is 1.98. The highest BCUT2D eigenvalue weighted by molar-refractivity contribution is 5.03. The van der Waals surface area contributed by atoms with Crippen molar-refractivity contribution >= 4 is 0 Å². The van der Waals surface area contributed by atoms with Gasteiger partial charge in [0.15, 0.2) is 0 Å². The Balaban J connectivity index is 2.62. The topological polar surface area (TPSA) is 37.8 Å². The number of hydrogen-bond donors (Lipinski definition) is 1. The van der Waals surface area contributed by atoms with Crippen LogP contribution in [0.3, 0.4) is 0 Å². The molecule has 0 fully saturated rings. The van der Waals surface area contributed by atoms with E-state index in [1.165, 1.54) is 0 Å². The Labute approximate surface area is 85.3 Å². The number of nitrogens with zero attached hydrogens (tertiary/aromatic N) is 2. The summed E-state index contributed by atoms with van der Waals surface area (Å²) in [6.45, 7) is 6.89. The lowest BCUT2D eigenvalue weighted by atomic mass is 10.1. The van der Waals surface area contributed by atoms with E-state index >= 15 is 0 Å². The highest BCUT2D eigenvalue weighted by Crippen LogP contribution is 2.12. The summed E-state index contributed by atoms with van der Waals surface area (Å²) < 4.78 is 0. The van der Waals surface area contributed by atoms with Gasteiger partial charge in [0.1, 0.15) is 0 Å². The average molecular weight is 191 g/mol. The molecule has 0 radical (unpaired) electrons. The van der Waals surface area contributed by atoms with Gasteiger partial charge in [0.25, 0.3) is 0 Å². The molecule has 3 nitrogen and oxygen atoms in total. The fraction of sp³-hybridized carbons (Fsp3) is 0.455. The van der Waals surface area contributed by atoms with Crippen molar-refractivity contribution in [1.29, 1.82) is 0 Å². The van der Waals surface area contributed by atoms with Crippen LogP contribution in [0.4, 0.5) is 0 Å². The third-order valence-corrected chi connectivity index (χ3v) is 1.98. The molecule has 1 N–H and O–H groups in total. The van der Waals surface area contributed by atoms with Crippen LogP contribution in [0.5, 0.6) is 0 Å². The number of aromatic nitrogens is 2. The first-order chi connectivity index (χ1) is 6.88. The summed E-state index contributed by atoms with van der Waals surface area (Å²) in [5.41, 5.74) is 0.987. The zero-order valence-corrected chi connectivity index (χ0v) is 8.61. The van der Waals surface area contributed by atoms with Gasteiger partial charge in [-0.25, -0.2) is 0 Å². The Morgan fingerprint density at radius 2 is 2.43 bits per heavy atom. The van der Waals surface area contributed by atoms with Gasteiger partial charge in [-0.2, -0.15) is 0 Å². The van der Waals surface area contributed by atoms with E-state index < -0.39 is 0 Å². The van der Waals surface area contributed by atoms with Crippen molar-refractivity contribution in [2.24, 2.45) is 0 Å². The molecule has 0 aromatic carbocycles. The third kappa shape index (κ3) is 3.26. The zero-order chi connectivity index (χ0) is 10.2. The summed E-state index contributed by atoms with van der Waals surface area (Å²) in [5, 5.41) is 3.41. The van der Waals surface area contributed by atoms with Gasteiger partial charge >= 0.3 is 0 Å². The molecule has 0 spiro atoms. The molecule has 0 saturated heterocycles. The molecule has 0 aliphatic carbocycles. The molecule has 1 atom stereocenters. The lowest BCUT2D eigenvalue weighted by Crippen LogP contribution is -2.22. The Morgan fingerprint density at radius 3 is 3.00 bits per heavy atom. The molecule has 1 unspecified atom stereocenters. The molecule has 3 heteroatoms. The van der Waals surface area contributed by atoms with Crippen LogP contribution in [0.2, 0.25) is 0 Å². The van der Waals surface area contributed by atoms with Crippen molar-refractivity contribution in [2.45, 2.75) is 25.8 Å². The first kappa shape index (κ1) is 10.9. The van der Waals surface area contributed by atoms with Crippen LogP contribution in [0.15, 0.2) is 31.2 Å². The maximum absolute atomic E-state index is 4.28. The summed E-state index contributed by atoms with van der Waals surface area (Å²) in [6.07, 6.45) is 9.12. The van der Waals surface area contributed by atoms with E-state index in [1.807, 2.05) is 6.08 Å². The van der Waals surface area contributed by atoms with E-state index in [9.17, 15) is 0 Å². The minimum Gasteiger partial charge on any atom is -0.308 e. The fourth-order valence-corrected chi connectivity index (χ4v) is 1.28. The molecule has 0 bridgehead atoms. The van der Waals surface area contributed by atoms with E-state index in [2.05, 4.69) is 28.8 Å². The van der Waals surface area contributed by atoms with Crippen molar-refractivity contribution in [3.05, 3.63) is 36.9 Å². The van der Waals surface area contributed by atoms with Crippen molar-refractivity contribution in [3.63, 3.8) is 0 Å². The minimum atomic E-state index is 0.251. The van der Waals surface area contributed by atoms with Crippen LogP contribution in [-0.4, -0.2) is 16.5 Å². The van der Waals surface area contributed by atoms with Crippen LogP contribution in [-0.2, 0) is 0 Å². The molecule has 0 aliphatic rings. The van der Waals surface area contributed by atoms with Gasteiger partial charge in [-0.15, -0.1) is 6.58 Å². The highest BCUT2D eigenvalue weighted by atomic mass is 14.9. The molecule has 0 aliphatic heterocycles. The van der Waals surface area contributed by atoms with Crippen molar-refractivity contribution in [3.8, 4) is 0 Å². The summed E-state index contributed by atoms with van der Waals surface area (Å²) in [4.78, 5) is 8.34. The predicted molar refractivity (Wildman–Crippen MR) is 57.9 cm³/mol. The summed E-state index contributed by atoms with van der Waals surface area (Å²) in [6, 6.07) is 0.251. The Hall–Kier alpha value is -1.22. The predicted octanol–water partition coefficient (Wildman–Crippen LogP) is 2.09. The summed E-state index contributed by atoms with van der Waals surface area (Å²) >= 11 is 0. The largest absolute Gasteiger partial charge is 0.308 e. The molecule has 0 amide bonds. The minimum absolute atomic E-state index is 0.251. The molecular weight excluding hydrogens is 174 g/mol. The van der Waals surface area contributed by atoms with E-state index in [0.717, 1.165) is 25.1 Å². The van der Waals surface area contributed by atoms with Crippen LogP contribution in [0.25, 0.3) is 0 Å². The van der Waals surface area contributed by atoms with Crippen molar-refractivity contribution in [2.75, 3.05) is 6.54 Å². The molecule has 1 rings (SSSR count). The van der Waals surface area contributed by atoms with Gasteiger partial charge in [-0.3, -0.25) is 9.97 Å². The molecule has 14 heavy (non-hydrogen) atoms. The quantitative estimate of drug-likeness (QED) is 0.700. The van der Waals surface area contributed by atoms with Gasteiger partial charge in [-0.1, -0.05) is 13.0 Å². The Morgan fingerprint density at radius 1 is 1.57 bits per heavy atom. The maximum Gasteiger partial charge on any atom is 0.0759 e. The van der Waals surface area contributed by atoms with E-state index in [0.29, 0.717) is 0 Å². The standard InChI is InChI=1S/C11H17N3/c1-3-5-10(13-6-4-2)11-9-12-7-8-14-11/h3,7-10,13H,1,4-6H2,2H3. The second-order valence-electron chi connectivity index (χ2n) is 3.16.